The fraction of sp³-hybridized carbons (Fsp3) is 0.647. The van der Waals surface area contributed by atoms with Gasteiger partial charge in [-0.2, -0.15) is 5.10 Å². The van der Waals surface area contributed by atoms with E-state index in [1.165, 1.54) is 22.6 Å². The van der Waals surface area contributed by atoms with E-state index in [0.717, 1.165) is 19.3 Å². The van der Waals surface area contributed by atoms with E-state index in [4.69, 9.17) is 5.73 Å². The lowest BCUT2D eigenvalue weighted by Crippen LogP contribution is -2.55. The SMILES string of the molecule is CC(Cn1ncc2c1CCCC2)C(=O)N1CCN(CC(N)=O)C(=O)C1. The van der Waals surface area contributed by atoms with Crippen LogP contribution in [0.5, 0.6) is 0 Å². The quantitative estimate of drug-likeness (QED) is 0.780. The van der Waals surface area contributed by atoms with Crippen molar-refractivity contribution in [3.8, 4) is 0 Å². The first-order chi connectivity index (χ1) is 12.0. The maximum Gasteiger partial charge on any atom is 0.242 e. The third-order valence-electron chi connectivity index (χ3n) is 4.99. The lowest BCUT2D eigenvalue weighted by Gasteiger charge is -2.35. The fourth-order valence-electron chi connectivity index (χ4n) is 3.61. The van der Waals surface area contributed by atoms with E-state index >= 15 is 0 Å². The lowest BCUT2D eigenvalue weighted by molar-refractivity contribution is -0.148. The Morgan fingerprint density at radius 3 is 2.76 bits per heavy atom. The molecule has 25 heavy (non-hydrogen) atoms. The minimum atomic E-state index is -0.537. The Morgan fingerprint density at radius 2 is 2.04 bits per heavy atom. The number of aromatic nitrogens is 2. The van der Waals surface area contributed by atoms with Crippen molar-refractivity contribution < 1.29 is 14.4 Å². The van der Waals surface area contributed by atoms with Crippen LogP contribution in [0.2, 0.25) is 0 Å². The summed E-state index contributed by atoms with van der Waals surface area (Å²) in [4.78, 5) is 38.7. The molecule has 0 saturated carbocycles. The summed E-state index contributed by atoms with van der Waals surface area (Å²) in [7, 11) is 0. The van der Waals surface area contributed by atoms with Gasteiger partial charge in [-0.1, -0.05) is 6.92 Å². The number of carbonyl (C=O) groups excluding carboxylic acids is 3. The first-order valence-corrected chi connectivity index (χ1v) is 8.84. The summed E-state index contributed by atoms with van der Waals surface area (Å²) in [6, 6.07) is 0. The molecule has 0 aromatic carbocycles. The van der Waals surface area contributed by atoms with Crippen LogP contribution in [0.4, 0.5) is 0 Å². The number of nitrogens with two attached hydrogens (primary N) is 1. The zero-order valence-corrected chi connectivity index (χ0v) is 14.6. The van der Waals surface area contributed by atoms with Crippen LogP contribution in [0.3, 0.4) is 0 Å². The maximum atomic E-state index is 12.7. The largest absolute Gasteiger partial charge is 0.368 e. The number of hydrogen-bond donors (Lipinski definition) is 1. The van der Waals surface area contributed by atoms with Gasteiger partial charge in [0.15, 0.2) is 0 Å². The highest BCUT2D eigenvalue weighted by Gasteiger charge is 2.30. The molecular weight excluding hydrogens is 322 g/mol. The first kappa shape index (κ1) is 17.4. The highest BCUT2D eigenvalue weighted by molar-refractivity contribution is 5.89. The number of nitrogens with zero attached hydrogens (tertiary/aromatic N) is 4. The standard InChI is InChI=1S/C17H25N5O3/c1-12(9-22-14-5-3-2-4-13(14)8-19-22)17(25)21-7-6-20(10-15(18)23)16(24)11-21/h8,12H,2-7,9-11H2,1H3,(H2,18,23). The predicted molar refractivity (Wildman–Crippen MR) is 90.4 cm³/mol. The summed E-state index contributed by atoms with van der Waals surface area (Å²) in [5, 5.41) is 4.44. The van der Waals surface area contributed by atoms with Crippen LogP contribution in [-0.4, -0.2) is 63.5 Å². The Kier molecular flexibility index (Phi) is 5.06. The van der Waals surface area contributed by atoms with Gasteiger partial charge in [0, 0.05) is 18.8 Å². The molecule has 1 aliphatic carbocycles. The van der Waals surface area contributed by atoms with Crippen LogP contribution >= 0.6 is 0 Å². The Labute approximate surface area is 146 Å². The van der Waals surface area contributed by atoms with Crippen LogP contribution in [0, 0.1) is 5.92 Å². The summed E-state index contributed by atoms with van der Waals surface area (Å²) in [6.45, 7) is 3.10. The minimum absolute atomic E-state index is 0.00761. The van der Waals surface area contributed by atoms with Crippen LogP contribution in [-0.2, 0) is 33.8 Å². The Balaban J connectivity index is 1.59. The van der Waals surface area contributed by atoms with Crippen molar-refractivity contribution in [3.05, 3.63) is 17.5 Å². The number of fused-ring (bicyclic) bond motifs is 1. The zero-order chi connectivity index (χ0) is 18.0. The molecule has 1 saturated heterocycles. The third kappa shape index (κ3) is 3.83. The van der Waals surface area contributed by atoms with Crippen LogP contribution < -0.4 is 5.73 Å². The maximum absolute atomic E-state index is 12.7. The van der Waals surface area contributed by atoms with Gasteiger partial charge in [-0.15, -0.1) is 0 Å². The van der Waals surface area contributed by atoms with Gasteiger partial charge in [-0.05, 0) is 31.2 Å². The molecule has 8 nitrogen and oxygen atoms in total. The number of primary amides is 1. The van der Waals surface area contributed by atoms with E-state index in [2.05, 4.69) is 5.10 Å². The number of piperazine rings is 1. The van der Waals surface area contributed by atoms with Crippen LogP contribution in [0.15, 0.2) is 6.20 Å². The summed E-state index contributed by atoms with van der Waals surface area (Å²) in [5.41, 5.74) is 7.67. The summed E-state index contributed by atoms with van der Waals surface area (Å²) in [5.74, 6) is -1.07. The Bertz CT molecular complexity index is 684. The molecule has 136 valence electrons. The van der Waals surface area contributed by atoms with Crippen LogP contribution in [0.1, 0.15) is 31.0 Å². The van der Waals surface area contributed by atoms with Crippen molar-refractivity contribution >= 4 is 17.7 Å². The molecule has 1 atom stereocenters. The number of carbonyl (C=O) groups is 3. The smallest absolute Gasteiger partial charge is 0.242 e. The molecule has 0 radical (unpaired) electrons. The van der Waals surface area contributed by atoms with Crippen molar-refractivity contribution in [1.29, 1.82) is 0 Å². The zero-order valence-electron chi connectivity index (χ0n) is 14.6. The molecule has 2 heterocycles. The van der Waals surface area contributed by atoms with Gasteiger partial charge in [-0.3, -0.25) is 19.1 Å². The van der Waals surface area contributed by atoms with Crippen LogP contribution in [0.25, 0.3) is 0 Å². The summed E-state index contributed by atoms with van der Waals surface area (Å²) >= 11 is 0. The van der Waals surface area contributed by atoms with E-state index in [1.807, 2.05) is 17.8 Å². The predicted octanol–water partition coefficient (Wildman–Crippen LogP) is -0.446. The number of hydrogen-bond acceptors (Lipinski definition) is 4. The second kappa shape index (κ2) is 7.25. The topological polar surface area (TPSA) is 102 Å². The Morgan fingerprint density at radius 1 is 1.28 bits per heavy atom. The molecule has 2 aliphatic rings. The monoisotopic (exact) mass is 347 g/mol. The fourth-order valence-corrected chi connectivity index (χ4v) is 3.61. The normalized spacial score (nSPS) is 18.8. The van der Waals surface area contributed by atoms with Crippen molar-refractivity contribution in [3.63, 3.8) is 0 Å². The highest BCUT2D eigenvalue weighted by atomic mass is 16.2. The van der Waals surface area contributed by atoms with E-state index in [0.29, 0.717) is 19.6 Å². The number of aryl methyl sites for hydroxylation is 1. The first-order valence-electron chi connectivity index (χ1n) is 8.84. The van der Waals surface area contributed by atoms with Gasteiger partial charge in [0.05, 0.1) is 31.7 Å². The van der Waals surface area contributed by atoms with Gasteiger partial charge in [0.2, 0.25) is 17.7 Å². The van der Waals surface area contributed by atoms with E-state index in [9.17, 15) is 14.4 Å². The van der Waals surface area contributed by atoms with E-state index in [1.54, 1.807) is 4.90 Å². The molecule has 2 N–H and O–H groups in total. The molecule has 0 bridgehead atoms. The van der Waals surface area contributed by atoms with Gasteiger partial charge in [0.25, 0.3) is 0 Å². The average molecular weight is 347 g/mol. The Hall–Kier alpha value is -2.38. The van der Waals surface area contributed by atoms with E-state index in [-0.39, 0.29) is 30.8 Å². The van der Waals surface area contributed by atoms with E-state index < -0.39 is 5.91 Å². The van der Waals surface area contributed by atoms with Crippen molar-refractivity contribution in [2.45, 2.75) is 39.2 Å². The second-order valence-corrected chi connectivity index (χ2v) is 6.95. The lowest BCUT2D eigenvalue weighted by atomic mass is 9.98. The highest BCUT2D eigenvalue weighted by Crippen LogP contribution is 2.22. The van der Waals surface area contributed by atoms with Gasteiger partial charge >= 0.3 is 0 Å². The van der Waals surface area contributed by atoms with Crippen molar-refractivity contribution in [1.82, 2.24) is 19.6 Å². The van der Waals surface area contributed by atoms with Gasteiger partial charge < -0.3 is 15.5 Å². The van der Waals surface area contributed by atoms with Gasteiger partial charge in [0.1, 0.15) is 0 Å². The molecular formula is C17H25N5O3. The van der Waals surface area contributed by atoms with Crippen molar-refractivity contribution in [2.24, 2.45) is 11.7 Å². The molecule has 3 rings (SSSR count). The third-order valence-corrected chi connectivity index (χ3v) is 4.99. The molecule has 1 fully saturated rings. The van der Waals surface area contributed by atoms with Gasteiger partial charge in [-0.25, -0.2) is 0 Å². The molecule has 0 spiro atoms. The molecule has 1 aromatic rings. The summed E-state index contributed by atoms with van der Waals surface area (Å²) in [6.07, 6.45) is 6.36. The average Bonchev–Trinajstić information content (AvgIpc) is 2.99. The molecule has 1 unspecified atom stereocenters. The molecule has 1 aliphatic heterocycles. The molecule has 1 aromatic heterocycles. The van der Waals surface area contributed by atoms with Crippen molar-refractivity contribution in [2.75, 3.05) is 26.2 Å². The molecule has 3 amide bonds. The summed E-state index contributed by atoms with van der Waals surface area (Å²) < 4.78 is 1.95. The second-order valence-electron chi connectivity index (χ2n) is 6.95. The minimum Gasteiger partial charge on any atom is -0.368 e. The number of amides is 3. The number of rotatable bonds is 5. The molecule has 8 heteroatoms.